The third-order valence-corrected chi connectivity index (χ3v) is 5.62. The van der Waals surface area contributed by atoms with Crippen LogP contribution in [0.15, 0.2) is 21.2 Å². The van der Waals surface area contributed by atoms with Crippen molar-refractivity contribution in [3.63, 3.8) is 0 Å². The molecule has 1 saturated heterocycles. The maximum Gasteiger partial charge on any atom is 0.332 e. The molecule has 2 aromatic rings. The van der Waals surface area contributed by atoms with Crippen LogP contribution >= 0.6 is 0 Å². The minimum absolute atomic E-state index is 0.0852. The Labute approximate surface area is 177 Å². The Hall–Kier alpha value is -2.39. The number of nitrogens with two attached hydrogens (primary N) is 1. The number of nitrogens with zero attached hydrogens (tertiary/aromatic N) is 6. The van der Waals surface area contributed by atoms with Crippen LogP contribution in [0.4, 0.5) is 5.95 Å². The molecule has 1 unspecified atom stereocenters. The molecule has 1 aliphatic rings. The van der Waals surface area contributed by atoms with Crippen LogP contribution in [0.3, 0.4) is 0 Å². The van der Waals surface area contributed by atoms with E-state index in [0.29, 0.717) is 30.8 Å². The zero-order chi connectivity index (χ0) is 22.0. The summed E-state index contributed by atoms with van der Waals surface area (Å²) in [5, 5.41) is 0. The van der Waals surface area contributed by atoms with Crippen LogP contribution in [0.25, 0.3) is 11.2 Å². The van der Waals surface area contributed by atoms with Gasteiger partial charge in [-0.05, 0) is 53.8 Å². The third kappa shape index (κ3) is 4.52. The minimum atomic E-state index is -0.319. The van der Waals surface area contributed by atoms with Crippen LogP contribution in [0, 0.1) is 0 Å². The van der Waals surface area contributed by atoms with E-state index in [1.165, 1.54) is 9.13 Å². The number of allylic oxidation sites excluding steroid dienone is 2. The Balaban J connectivity index is 2.17. The van der Waals surface area contributed by atoms with Gasteiger partial charge in [-0.3, -0.25) is 13.9 Å². The van der Waals surface area contributed by atoms with Crippen molar-refractivity contribution >= 4 is 17.1 Å². The van der Waals surface area contributed by atoms with Crippen molar-refractivity contribution in [2.24, 2.45) is 12.8 Å². The molecule has 0 saturated carbocycles. The molecule has 0 aromatic carbocycles. The van der Waals surface area contributed by atoms with Gasteiger partial charge in [-0.1, -0.05) is 11.6 Å². The van der Waals surface area contributed by atoms with E-state index in [9.17, 15) is 9.59 Å². The molecule has 166 valence electrons. The first-order valence-corrected chi connectivity index (χ1v) is 10.7. The second-order valence-corrected chi connectivity index (χ2v) is 8.78. The Morgan fingerprint density at radius 1 is 1.27 bits per heavy atom. The molecule has 1 aliphatic heterocycles. The number of hydrogen-bond donors (Lipinski definition) is 1. The number of rotatable bonds is 7. The van der Waals surface area contributed by atoms with Gasteiger partial charge in [-0.15, -0.1) is 0 Å². The number of hydrogen-bond acceptors (Lipinski definition) is 6. The average molecular weight is 418 g/mol. The number of fused-ring (bicyclic) bond motifs is 1. The van der Waals surface area contributed by atoms with E-state index in [-0.39, 0.29) is 17.3 Å². The maximum atomic E-state index is 13.4. The molecule has 9 heteroatoms. The Morgan fingerprint density at radius 3 is 2.63 bits per heavy atom. The van der Waals surface area contributed by atoms with Gasteiger partial charge in [-0.25, -0.2) is 4.79 Å². The summed E-state index contributed by atoms with van der Waals surface area (Å²) >= 11 is 0. The quantitative estimate of drug-likeness (QED) is 0.668. The lowest BCUT2D eigenvalue weighted by molar-refractivity contribution is 0.381. The van der Waals surface area contributed by atoms with Gasteiger partial charge in [0.05, 0.1) is 0 Å². The van der Waals surface area contributed by atoms with E-state index in [0.717, 1.165) is 43.9 Å². The van der Waals surface area contributed by atoms with Gasteiger partial charge in [0.2, 0.25) is 5.95 Å². The number of aryl methyl sites for hydroxylation is 1. The van der Waals surface area contributed by atoms with Crippen molar-refractivity contribution in [2.75, 3.05) is 38.6 Å². The lowest BCUT2D eigenvalue weighted by Crippen LogP contribution is -2.44. The molecule has 2 aromatic heterocycles. The number of imidazole rings is 1. The summed E-state index contributed by atoms with van der Waals surface area (Å²) in [4.78, 5) is 35.3. The first kappa shape index (κ1) is 22.3. The van der Waals surface area contributed by atoms with Crippen molar-refractivity contribution in [3.8, 4) is 0 Å². The van der Waals surface area contributed by atoms with Gasteiger partial charge in [-0.2, -0.15) is 4.98 Å². The smallest absolute Gasteiger partial charge is 0.332 e. The second-order valence-electron chi connectivity index (χ2n) is 8.78. The fourth-order valence-corrected chi connectivity index (χ4v) is 3.98. The SMILES string of the molecule is CC(C)=CCn1c(N2CCCC(N)C2)nc2c1c(=O)n(CCCN(C)C)c(=O)n2C. The van der Waals surface area contributed by atoms with Gasteiger partial charge in [0.25, 0.3) is 5.56 Å². The van der Waals surface area contributed by atoms with E-state index in [4.69, 9.17) is 10.7 Å². The fourth-order valence-electron chi connectivity index (χ4n) is 3.98. The molecule has 0 radical (unpaired) electrons. The maximum absolute atomic E-state index is 13.4. The van der Waals surface area contributed by atoms with E-state index in [1.54, 1.807) is 7.05 Å². The summed E-state index contributed by atoms with van der Waals surface area (Å²) in [6.45, 7) is 7.33. The average Bonchev–Trinajstić information content (AvgIpc) is 3.07. The van der Waals surface area contributed by atoms with E-state index in [1.807, 2.05) is 37.4 Å². The molecule has 3 rings (SSSR count). The van der Waals surface area contributed by atoms with Gasteiger partial charge < -0.3 is 20.1 Å². The highest BCUT2D eigenvalue weighted by Gasteiger charge is 2.25. The topological polar surface area (TPSA) is 94.3 Å². The van der Waals surface area contributed by atoms with Crippen LogP contribution < -0.4 is 21.9 Å². The lowest BCUT2D eigenvalue weighted by Gasteiger charge is -2.31. The first-order chi connectivity index (χ1) is 14.2. The number of piperidine rings is 1. The molecule has 0 aliphatic carbocycles. The zero-order valence-corrected chi connectivity index (χ0v) is 18.9. The Bertz CT molecular complexity index is 1040. The molecular formula is C21H35N7O2. The van der Waals surface area contributed by atoms with Crippen molar-refractivity contribution in [1.82, 2.24) is 23.6 Å². The van der Waals surface area contributed by atoms with E-state index < -0.39 is 0 Å². The van der Waals surface area contributed by atoms with Crippen molar-refractivity contribution in [1.29, 1.82) is 0 Å². The molecule has 1 atom stereocenters. The Kier molecular flexibility index (Phi) is 6.82. The molecular weight excluding hydrogens is 382 g/mol. The molecule has 0 spiro atoms. The fraction of sp³-hybridized carbons (Fsp3) is 0.667. The highest BCUT2D eigenvalue weighted by Crippen LogP contribution is 2.23. The summed E-state index contributed by atoms with van der Waals surface area (Å²) in [5.41, 5.74) is 7.69. The van der Waals surface area contributed by atoms with Crippen LogP contribution in [-0.4, -0.2) is 63.4 Å². The second kappa shape index (κ2) is 9.18. The predicted octanol–water partition coefficient (Wildman–Crippen LogP) is 0.742. The summed E-state index contributed by atoms with van der Waals surface area (Å²) < 4.78 is 4.79. The predicted molar refractivity (Wildman–Crippen MR) is 121 cm³/mol. The highest BCUT2D eigenvalue weighted by atomic mass is 16.2. The van der Waals surface area contributed by atoms with Crippen molar-refractivity contribution in [2.45, 2.75) is 52.2 Å². The molecule has 0 bridgehead atoms. The van der Waals surface area contributed by atoms with E-state index in [2.05, 4.69) is 11.0 Å². The lowest BCUT2D eigenvalue weighted by atomic mass is 10.1. The van der Waals surface area contributed by atoms with Crippen molar-refractivity contribution in [3.05, 3.63) is 32.5 Å². The molecule has 0 amide bonds. The monoisotopic (exact) mass is 417 g/mol. The molecule has 9 nitrogen and oxygen atoms in total. The summed E-state index contributed by atoms with van der Waals surface area (Å²) in [5.74, 6) is 0.718. The molecule has 1 fully saturated rings. The van der Waals surface area contributed by atoms with Crippen molar-refractivity contribution < 1.29 is 0 Å². The molecule has 2 N–H and O–H groups in total. The number of anilines is 1. The molecule has 30 heavy (non-hydrogen) atoms. The highest BCUT2D eigenvalue weighted by molar-refractivity contribution is 5.74. The standard InChI is InChI=1S/C21H35N7O2/c1-15(2)9-13-27-17-18(23-20(27)26-11-6-8-16(22)14-26)25(5)21(30)28(19(17)29)12-7-10-24(3)4/h9,16H,6-8,10-14,22H2,1-5H3. The van der Waals surface area contributed by atoms with Gasteiger partial charge in [0, 0.05) is 39.3 Å². The van der Waals surface area contributed by atoms with Crippen LogP contribution in [-0.2, 0) is 20.1 Å². The number of aromatic nitrogens is 4. The van der Waals surface area contributed by atoms with Gasteiger partial charge >= 0.3 is 5.69 Å². The van der Waals surface area contributed by atoms with Gasteiger partial charge in [0.15, 0.2) is 11.2 Å². The third-order valence-electron chi connectivity index (χ3n) is 5.62. The van der Waals surface area contributed by atoms with Crippen LogP contribution in [0.1, 0.15) is 33.1 Å². The normalized spacial score (nSPS) is 17.2. The Morgan fingerprint density at radius 2 is 2.00 bits per heavy atom. The summed E-state index contributed by atoms with van der Waals surface area (Å²) in [6, 6.07) is 0.0852. The largest absolute Gasteiger partial charge is 0.341 e. The first-order valence-electron chi connectivity index (χ1n) is 10.7. The van der Waals surface area contributed by atoms with Crippen LogP contribution in [0.2, 0.25) is 0 Å². The summed E-state index contributed by atoms with van der Waals surface area (Å²) in [6.07, 6.45) is 4.78. The van der Waals surface area contributed by atoms with E-state index >= 15 is 0 Å². The van der Waals surface area contributed by atoms with Gasteiger partial charge in [0.1, 0.15) is 0 Å². The minimum Gasteiger partial charge on any atom is -0.341 e. The summed E-state index contributed by atoms with van der Waals surface area (Å²) in [7, 11) is 5.65. The zero-order valence-electron chi connectivity index (χ0n) is 18.9. The van der Waals surface area contributed by atoms with Crippen LogP contribution in [0.5, 0.6) is 0 Å². The molecule has 3 heterocycles.